The number of amides is 1. The monoisotopic (exact) mass is 142 g/mol. The van der Waals surface area contributed by atoms with Crippen LogP contribution in [0.15, 0.2) is 0 Å². The van der Waals surface area contributed by atoms with Crippen LogP contribution in [0, 0.1) is 6.42 Å². The van der Waals surface area contributed by atoms with Crippen LogP contribution >= 0.6 is 0 Å². The van der Waals surface area contributed by atoms with Crippen LogP contribution in [0.1, 0.15) is 33.1 Å². The molecule has 0 fully saturated rings. The Kier molecular flexibility index (Phi) is 6.24. The van der Waals surface area contributed by atoms with E-state index in [9.17, 15) is 4.79 Å². The number of carbonyl (C=O) groups is 1. The fourth-order valence-corrected chi connectivity index (χ4v) is 0.596. The van der Waals surface area contributed by atoms with Crippen LogP contribution < -0.4 is 5.32 Å². The van der Waals surface area contributed by atoms with Gasteiger partial charge >= 0.3 is 0 Å². The van der Waals surface area contributed by atoms with Gasteiger partial charge in [-0.15, -0.1) is 0 Å². The SMILES string of the molecule is CCC[CH]C(=O)NCCC. The molecule has 0 aromatic rings. The molecule has 59 valence electrons. The number of rotatable bonds is 5. The summed E-state index contributed by atoms with van der Waals surface area (Å²) in [5, 5.41) is 2.77. The molecule has 1 amide bonds. The number of carbonyl (C=O) groups excluding carboxylic acids is 1. The average molecular weight is 142 g/mol. The van der Waals surface area contributed by atoms with Crippen LogP contribution in [0.4, 0.5) is 0 Å². The fraction of sp³-hybridized carbons (Fsp3) is 0.750. The second-order valence-electron chi connectivity index (χ2n) is 2.28. The third-order valence-electron chi connectivity index (χ3n) is 1.17. The van der Waals surface area contributed by atoms with Crippen LogP contribution in [-0.2, 0) is 4.79 Å². The lowest BCUT2D eigenvalue weighted by atomic mass is 10.2. The smallest absolute Gasteiger partial charge is 0.223 e. The fourth-order valence-electron chi connectivity index (χ4n) is 0.596. The van der Waals surface area contributed by atoms with Crippen molar-refractivity contribution < 1.29 is 4.79 Å². The Labute approximate surface area is 63.0 Å². The largest absolute Gasteiger partial charge is 0.356 e. The minimum absolute atomic E-state index is 0.0729. The minimum Gasteiger partial charge on any atom is -0.356 e. The molecule has 0 aliphatic rings. The predicted molar refractivity (Wildman–Crippen MR) is 42.5 cm³/mol. The Hall–Kier alpha value is -0.530. The number of nitrogens with one attached hydrogen (secondary N) is 1. The Balaban J connectivity index is 3.09. The molecule has 0 heterocycles. The van der Waals surface area contributed by atoms with Gasteiger partial charge in [-0.2, -0.15) is 0 Å². The van der Waals surface area contributed by atoms with E-state index in [1.54, 1.807) is 6.42 Å². The molecule has 0 saturated heterocycles. The number of unbranched alkanes of at least 4 members (excludes halogenated alkanes) is 1. The molecule has 0 spiro atoms. The molecule has 2 heteroatoms. The van der Waals surface area contributed by atoms with Gasteiger partial charge in [0.25, 0.3) is 0 Å². The van der Waals surface area contributed by atoms with Crippen molar-refractivity contribution in [3.8, 4) is 0 Å². The van der Waals surface area contributed by atoms with Crippen molar-refractivity contribution in [1.29, 1.82) is 0 Å². The first kappa shape index (κ1) is 9.47. The highest BCUT2D eigenvalue weighted by molar-refractivity contribution is 5.84. The van der Waals surface area contributed by atoms with Crippen LogP contribution in [0.2, 0.25) is 0 Å². The highest BCUT2D eigenvalue weighted by atomic mass is 16.1. The Morgan fingerprint density at radius 1 is 1.40 bits per heavy atom. The Morgan fingerprint density at radius 2 is 2.10 bits per heavy atom. The van der Waals surface area contributed by atoms with Crippen molar-refractivity contribution in [3.63, 3.8) is 0 Å². The molecule has 10 heavy (non-hydrogen) atoms. The van der Waals surface area contributed by atoms with Crippen molar-refractivity contribution in [2.24, 2.45) is 0 Å². The molecule has 1 N–H and O–H groups in total. The van der Waals surface area contributed by atoms with E-state index in [2.05, 4.69) is 12.2 Å². The summed E-state index contributed by atoms with van der Waals surface area (Å²) in [6.07, 6.45) is 4.64. The van der Waals surface area contributed by atoms with E-state index in [1.165, 1.54) is 0 Å². The van der Waals surface area contributed by atoms with Crippen molar-refractivity contribution in [2.75, 3.05) is 6.54 Å². The van der Waals surface area contributed by atoms with Crippen molar-refractivity contribution in [3.05, 3.63) is 6.42 Å². The van der Waals surface area contributed by atoms with E-state index in [-0.39, 0.29) is 5.91 Å². The van der Waals surface area contributed by atoms with E-state index in [0.717, 1.165) is 25.8 Å². The Morgan fingerprint density at radius 3 is 2.60 bits per heavy atom. The van der Waals surface area contributed by atoms with E-state index in [0.29, 0.717) is 0 Å². The molecule has 1 radical (unpaired) electrons. The zero-order valence-corrected chi connectivity index (χ0v) is 6.81. The first-order chi connectivity index (χ1) is 4.81. The Bertz CT molecular complexity index is 81.3. The standard InChI is InChI=1S/C8H16NO/c1-3-5-6-8(10)9-7-4-2/h6H,3-5,7H2,1-2H3,(H,9,10). The third kappa shape index (κ3) is 5.60. The first-order valence-corrected chi connectivity index (χ1v) is 3.92. The van der Waals surface area contributed by atoms with Crippen LogP contribution in [0.25, 0.3) is 0 Å². The van der Waals surface area contributed by atoms with E-state index < -0.39 is 0 Å². The second kappa shape index (κ2) is 6.59. The summed E-state index contributed by atoms with van der Waals surface area (Å²) in [5.74, 6) is 0.0729. The van der Waals surface area contributed by atoms with Gasteiger partial charge in [-0.05, 0) is 12.8 Å². The van der Waals surface area contributed by atoms with E-state index in [4.69, 9.17) is 0 Å². The van der Waals surface area contributed by atoms with Crippen molar-refractivity contribution in [2.45, 2.75) is 33.1 Å². The number of hydrogen-bond donors (Lipinski definition) is 1. The van der Waals surface area contributed by atoms with Crippen LogP contribution in [0.3, 0.4) is 0 Å². The number of hydrogen-bond acceptors (Lipinski definition) is 1. The molecule has 0 aliphatic carbocycles. The van der Waals surface area contributed by atoms with Gasteiger partial charge in [0, 0.05) is 13.0 Å². The maximum atomic E-state index is 10.8. The topological polar surface area (TPSA) is 29.1 Å². The summed E-state index contributed by atoms with van der Waals surface area (Å²) in [4.78, 5) is 10.8. The van der Waals surface area contributed by atoms with Gasteiger partial charge in [-0.25, -0.2) is 0 Å². The molecule has 0 aliphatic heterocycles. The molecule has 0 rings (SSSR count). The molecular weight excluding hydrogens is 126 g/mol. The van der Waals surface area contributed by atoms with Crippen molar-refractivity contribution >= 4 is 5.91 Å². The normalized spacial score (nSPS) is 9.40. The second-order valence-corrected chi connectivity index (χ2v) is 2.28. The predicted octanol–water partition coefficient (Wildman–Crippen LogP) is 1.52. The van der Waals surface area contributed by atoms with Crippen LogP contribution in [-0.4, -0.2) is 12.5 Å². The van der Waals surface area contributed by atoms with Crippen molar-refractivity contribution in [1.82, 2.24) is 5.32 Å². The van der Waals surface area contributed by atoms with E-state index >= 15 is 0 Å². The molecular formula is C8H16NO. The summed E-state index contributed by atoms with van der Waals surface area (Å²) >= 11 is 0. The van der Waals surface area contributed by atoms with Gasteiger partial charge in [-0.1, -0.05) is 20.3 Å². The zero-order chi connectivity index (χ0) is 7.82. The third-order valence-corrected chi connectivity index (χ3v) is 1.17. The lowest BCUT2D eigenvalue weighted by molar-refractivity contribution is -0.118. The van der Waals surface area contributed by atoms with Gasteiger partial charge in [-0.3, -0.25) is 4.79 Å². The van der Waals surface area contributed by atoms with Crippen LogP contribution in [0.5, 0.6) is 0 Å². The first-order valence-electron chi connectivity index (χ1n) is 3.92. The van der Waals surface area contributed by atoms with Gasteiger partial charge in [0.1, 0.15) is 0 Å². The molecule has 0 aromatic carbocycles. The molecule has 0 unspecified atom stereocenters. The summed E-state index contributed by atoms with van der Waals surface area (Å²) < 4.78 is 0. The van der Waals surface area contributed by atoms with Gasteiger partial charge in [0.05, 0.1) is 0 Å². The summed E-state index contributed by atoms with van der Waals surface area (Å²) in [6, 6.07) is 0. The lowest BCUT2D eigenvalue weighted by Crippen LogP contribution is -2.23. The minimum atomic E-state index is 0.0729. The van der Waals surface area contributed by atoms with E-state index in [1.807, 2.05) is 6.92 Å². The summed E-state index contributed by atoms with van der Waals surface area (Å²) in [6.45, 7) is 4.89. The zero-order valence-electron chi connectivity index (χ0n) is 6.81. The molecule has 0 bridgehead atoms. The highest BCUT2D eigenvalue weighted by Gasteiger charge is 1.96. The molecule has 2 nitrogen and oxygen atoms in total. The summed E-state index contributed by atoms with van der Waals surface area (Å²) in [7, 11) is 0. The van der Waals surface area contributed by atoms with Gasteiger partial charge in [0.2, 0.25) is 5.91 Å². The average Bonchev–Trinajstić information content (AvgIpc) is 1.97. The maximum absolute atomic E-state index is 10.8. The quantitative estimate of drug-likeness (QED) is 0.619. The molecule has 0 saturated carbocycles. The molecule has 0 aromatic heterocycles. The highest BCUT2D eigenvalue weighted by Crippen LogP contribution is 1.90. The lowest BCUT2D eigenvalue weighted by Gasteiger charge is -2.00. The van der Waals surface area contributed by atoms with Gasteiger partial charge < -0.3 is 5.32 Å². The maximum Gasteiger partial charge on any atom is 0.223 e. The van der Waals surface area contributed by atoms with Gasteiger partial charge in [0.15, 0.2) is 0 Å². The summed E-state index contributed by atoms with van der Waals surface area (Å²) in [5.41, 5.74) is 0. The molecule has 0 atom stereocenters.